The highest BCUT2D eigenvalue weighted by atomic mass is 16.4. The minimum absolute atomic E-state index is 0.0280. The average molecular weight is 171 g/mol. The standard InChI is InChI=1S/C8H13NO3/c1-5(2)7(10)9-3-6(4-9)8(11)12/h5-6H,3-4H2,1-2H3,(H,11,12). The number of nitrogens with zero attached hydrogens (tertiary/aromatic N) is 1. The van der Waals surface area contributed by atoms with E-state index in [1.165, 1.54) is 0 Å². The summed E-state index contributed by atoms with van der Waals surface area (Å²) in [7, 11) is 0. The van der Waals surface area contributed by atoms with E-state index < -0.39 is 5.97 Å². The molecule has 0 aromatic heterocycles. The second-order valence-corrected chi connectivity index (χ2v) is 3.43. The molecule has 0 aromatic rings. The molecule has 1 aliphatic heterocycles. The first-order chi connectivity index (χ1) is 5.52. The molecule has 1 N–H and O–H groups in total. The van der Waals surface area contributed by atoms with Gasteiger partial charge in [0.2, 0.25) is 5.91 Å². The molecular formula is C8H13NO3. The number of carbonyl (C=O) groups excluding carboxylic acids is 1. The van der Waals surface area contributed by atoms with Gasteiger partial charge in [0.1, 0.15) is 0 Å². The van der Waals surface area contributed by atoms with Gasteiger partial charge in [-0.2, -0.15) is 0 Å². The molecule has 0 aromatic carbocycles. The second-order valence-electron chi connectivity index (χ2n) is 3.43. The number of likely N-dealkylation sites (tertiary alicyclic amines) is 1. The highest BCUT2D eigenvalue weighted by molar-refractivity contribution is 5.82. The third-order valence-electron chi connectivity index (χ3n) is 2.04. The van der Waals surface area contributed by atoms with E-state index in [2.05, 4.69) is 0 Å². The van der Waals surface area contributed by atoms with Crippen LogP contribution in [0.3, 0.4) is 0 Å². The zero-order chi connectivity index (χ0) is 9.30. The molecule has 1 amide bonds. The van der Waals surface area contributed by atoms with Crippen LogP contribution in [-0.4, -0.2) is 35.0 Å². The SMILES string of the molecule is CC(C)C(=O)N1CC(C(=O)O)C1. The van der Waals surface area contributed by atoms with Crippen LogP contribution < -0.4 is 0 Å². The van der Waals surface area contributed by atoms with Crippen molar-refractivity contribution in [2.24, 2.45) is 11.8 Å². The lowest BCUT2D eigenvalue weighted by atomic mass is 9.98. The summed E-state index contributed by atoms with van der Waals surface area (Å²) >= 11 is 0. The van der Waals surface area contributed by atoms with E-state index >= 15 is 0 Å². The lowest BCUT2D eigenvalue weighted by molar-refractivity contribution is -0.154. The van der Waals surface area contributed by atoms with Crippen molar-refractivity contribution in [2.75, 3.05) is 13.1 Å². The van der Waals surface area contributed by atoms with Crippen LogP contribution >= 0.6 is 0 Å². The van der Waals surface area contributed by atoms with Gasteiger partial charge in [-0.3, -0.25) is 9.59 Å². The molecule has 1 heterocycles. The Morgan fingerprint density at radius 1 is 1.42 bits per heavy atom. The Morgan fingerprint density at radius 3 is 2.25 bits per heavy atom. The number of aliphatic carboxylic acids is 1. The van der Waals surface area contributed by atoms with Crippen LogP contribution in [0.1, 0.15) is 13.8 Å². The Kier molecular flexibility index (Phi) is 2.35. The van der Waals surface area contributed by atoms with E-state index in [-0.39, 0.29) is 17.7 Å². The number of carbonyl (C=O) groups is 2. The van der Waals surface area contributed by atoms with Crippen molar-refractivity contribution in [2.45, 2.75) is 13.8 Å². The van der Waals surface area contributed by atoms with Gasteiger partial charge in [-0.05, 0) is 0 Å². The van der Waals surface area contributed by atoms with E-state index in [0.29, 0.717) is 13.1 Å². The van der Waals surface area contributed by atoms with E-state index in [1.807, 2.05) is 13.8 Å². The molecule has 0 unspecified atom stereocenters. The fourth-order valence-electron chi connectivity index (χ4n) is 1.18. The molecule has 0 saturated carbocycles. The molecule has 4 heteroatoms. The maximum Gasteiger partial charge on any atom is 0.310 e. The molecule has 68 valence electrons. The summed E-state index contributed by atoms with van der Waals surface area (Å²) in [4.78, 5) is 23.2. The Morgan fingerprint density at radius 2 is 1.92 bits per heavy atom. The van der Waals surface area contributed by atoms with Crippen LogP contribution in [0.2, 0.25) is 0 Å². The highest BCUT2D eigenvalue weighted by Crippen LogP contribution is 2.17. The van der Waals surface area contributed by atoms with Crippen molar-refractivity contribution >= 4 is 11.9 Å². The zero-order valence-electron chi connectivity index (χ0n) is 7.28. The largest absolute Gasteiger partial charge is 0.481 e. The van der Waals surface area contributed by atoms with Gasteiger partial charge < -0.3 is 10.0 Å². The van der Waals surface area contributed by atoms with E-state index in [1.54, 1.807) is 4.90 Å². The molecule has 1 aliphatic rings. The summed E-state index contributed by atoms with van der Waals surface area (Å²) in [5, 5.41) is 8.53. The molecule has 1 saturated heterocycles. The van der Waals surface area contributed by atoms with Gasteiger partial charge in [0, 0.05) is 19.0 Å². The van der Waals surface area contributed by atoms with E-state index in [0.717, 1.165) is 0 Å². The first kappa shape index (κ1) is 9.03. The Bertz CT molecular complexity index is 206. The van der Waals surface area contributed by atoms with Gasteiger partial charge in [0.15, 0.2) is 0 Å². The zero-order valence-corrected chi connectivity index (χ0v) is 7.28. The number of hydrogen-bond donors (Lipinski definition) is 1. The summed E-state index contributed by atoms with van der Waals surface area (Å²) in [5.41, 5.74) is 0. The van der Waals surface area contributed by atoms with Gasteiger partial charge in [0.05, 0.1) is 5.92 Å². The molecule has 0 atom stereocenters. The minimum atomic E-state index is -0.803. The molecule has 0 aliphatic carbocycles. The third kappa shape index (κ3) is 1.57. The topological polar surface area (TPSA) is 57.6 Å². The fourth-order valence-corrected chi connectivity index (χ4v) is 1.18. The molecule has 0 radical (unpaired) electrons. The van der Waals surface area contributed by atoms with Gasteiger partial charge in [-0.15, -0.1) is 0 Å². The van der Waals surface area contributed by atoms with E-state index in [4.69, 9.17) is 5.11 Å². The van der Waals surface area contributed by atoms with Crippen molar-refractivity contribution in [3.63, 3.8) is 0 Å². The third-order valence-corrected chi connectivity index (χ3v) is 2.04. The summed E-state index contributed by atoms with van der Waals surface area (Å²) in [6, 6.07) is 0. The Hall–Kier alpha value is -1.06. The predicted octanol–water partition coefficient (Wildman–Crippen LogP) is 0.185. The van der Waals surface area contributed by atoms with Crippen LogP contribution in [0.4, 0.5) is 0 Å². The van der Waals surface area contributed by atoms with Crippen LogP contribution in [-0.2, 0) is 9.59 Å². The number of carboxylic acid groups (broad SMARTS) is 1. The number of rotatable bonds is 2. The van der Waals surface area contributed by atoms with Gasteiger partial charge in [0.25, 0.3) is 0 Å². The van der Waals surface area contributed by atoms with Crippen molar-refractivity contribution in [3.8, 4) is 0 Å². The summed E-state index contributed by atoms with van der Waals surface area (Å²) in [6.07, 6.45) is 0. The van der Waals surface area contributed by atoms with Crippen LogP contribution in [0.25, 0.3) is 0 Å². The Labute approximate surface area is 71.2 Å². The van der Waals surface area contributed by atoms with Crippen molar-refractivity contribution < 1.29 is 14.7 Å². The minimum Gasteiger partial charge on any atom is -0.481 e. The van der Waals surface area contributed by atoms with Gasteiger partial charge in [-0.1, -0.05) is 13.8 Å². The highest BCUT2D eigenvalue weighted by Gasteiger charge is 2.35. The molecule has 0 bridgehead atoms. The normalized spacial score (nSPS) is 17.8. The summed E-state index contributed by atoms with van der Waals surface area (Å²) in [5.74, 6) is -1.12. The molecule has 12 heavy (non-hydrogen) atoms. The van der Waals surface area contributed by atoms with Crippen molar-refractivity contribution in [3.05, 3.63) is 0 Å². The predicted molar refractivity (Wildman–Crippen MR) is 42.5 cm³/mol. The summed E-state index contributed by atoms with van der Waals surface area (Å²) in [6.45, 7) is 4.39. The summed E-state index contributed by atoms with van der Waals surface area (Å²) < 4.78 is 0. The fraction of sp³-hybridized carbons (Fsp3) is 0.750. The lowest BCUT2D eigenvalue weighted by Gasteiger charge is -2.37. The average Bonchev–Trinajstić information content (AvgIpc) is 1.82. The smallest absolute Gasteiger partial charge is 0.310 e. The number of carboxylic acids is 1. The quantitative estimate of drug-likeness (QED) is 0.645. The molecular weight excluding hydrogens is 158 g/mol. The lowest BCUT2D eigenvalue weighted by Crippen LogP contribution is -2.54. The Balaban J connectivity index is 2.35. The monoisotopic (exact) mass is 171 g/mol. The number of amides is 1. The van der Waals surface area contributed by atoms with Crippen molar-refractivity contribution in [1.29, 1.82) is 0 Å². The second kappa shape index (κ2) is 3.13. The van der Waals surface area contributed by atoms with Crippen LogP contribution in [0.15, 0.2) is 0 Å². The first-order valence-corrected chi connectivity index (χ1v) is 4.04. The molecule has 0 spiro atoms. The maximum absolute atomic E-state index is 11.2. The van der Waals surface area contributed by atoms with Crippen LogP contribution in [0.5, 0.6) is 0 Å². The molecule has 4 nitrogen and oxygen atoms in total. The maximum atomic E-state index is 11.2. The number of hydrogen-bond acceptors (Lipinski definition) is 2. The van der Waals surface area contributed by atoms with Gasteiger partial charge in [-0.25, -0.2) is 0 Å². The van der Waals surface area contributed by atoms with E-state index in [9.17, 15) is 9.59 Å². The first-order valence-electron chi connectivity index (χ1n) is 4.04. The van der Waals surface area contributed by atoms with Gasteiger partial charge >= 0.3 is 5.97 Å². The van der Waals surface area contributed by atoms with Crippen LogP contribution in [0, 0.1) is 11.8 Å². The molecule has 1 rings (SSSR count). The van der Waals surface area contributed by atoms with Crippen molar-refractivity contribution in [1.82, 2.24) is 4.90 Å². The molecule has 1 fully saturated rings.